The number of nitrogens with one attached hydrogen (secondary N) is 1. The van der Waals surface area contributed by atoms with Crippen molar-refractivity contribution in [1.82, 2.24) is 10.2 Å². The van der Waals surface area contributed by atoms with Crippen LogP contribution in [0.1, 0.15) is 24.0 Å². The minimum Gasteiger partial charge on any atom is -0.391 e. The van der Waals surface area contributed by atoms with Gasteiger partial charge in [0.05, 0.1) is 6.10 Å². The number of aryl methyl sites for hydroxylation is 1. The Kier molecular flexibility index (Phi) is 5.07. The molecule has 116 valence electrons. The van der Waals surface area contributed by atoms with Gasteiger partial charge >= 0.3 is 6.03 Å². The molecule has 0 saturated carbocycles. The summed E-state index contributed by atoms with van der Waals surface area (Å²) in [6.45, 7) is 3.73. The second kappa shape index (κ2) is 6.80. The summed E-state index contributed by atoms with van der Waals surface area (Å²) in [7, 11) is 4.02. The van der Waals surface area contributed by atoms with Crippen molar-refractivity contribution in [3.63, 3.8) is 0 Å². The number of hydrogen-bond donors (Lipinski definition) is 2. The molecule has 5 heteroatoms. The number of aliphatic hydroxyl groups excluding tert-OH is 1. The molecule has 1 aromatic rings. The van der Waals surface area contributed by atoms with E-state index in [4.69, 9.17) is 0 Å². The van der Waals surface area contributed by atoms with Gasteiger partial charge in [-0.05, 0) is 43.0 Å². The summed E-state index contributed by atoms with van der Waals surface area (Å²) >= 11 is 0. The molecule has 2 amide bonds. The highest BCUT2D eigenvalue weighted by Gasteiger charge is 2.21. The van der Waals surface area contributed by atoms with Gasteiger partial charge in [0.15, 0.2) is 0 Å². The zero-order valence-corrected chi connectivity index (χ0v) is 13.1. The van der Waals surface area contributed by atoms with Gasteiger partial charge in [-0.15, -0.1) is 0 Å². The van der Waals surface area contributed by atoms with Crippen LogP contribution in [-0.4, -0.2) is 49.3 Å². The molecule has 1 aliphatic rings. The molecule has 1 aliphatic heterocycles. The number of anilines is 1. The lowest BCUT2D eigenvalue weighted by Crippen LogP contribution is -2.46. The van der Waals surface area contributed by atoms with Crippen LogP contribution < -0.4 is 10.2 Å². The fourth-order valence-corrected chi connectivity index (χ4v) is 2.58. The van der Waals surface area contributed by atoms with Gasteiger partial charge in [0.2, 0.25) is 0 Å². The van der Waals surface area contributed by atoms with Crippen LogP contribution in [0.2, 0.25) is 0 Å². The molecule has 0 aromatic heterocycles. The number of carbonyl (C=O) groups is 1. The molecule has 0 aliphatic carbocycles. The fourth-order valence-electron chi connectivity index (χ4n) is 2.58. The van der Waals surface area contributed by atoms with Crippen LogP contribution in [0, 0.1) is 6.92 Å². The van der Waals surface area contributed by atoms with E-state index in [1.807, 2.05) is 14.1 Å². The molecule has 1 heterocycles. The van der Waals surface area contributed by atoms with Crippen molar-refractivity contribution in [2.24, 2.45) is 0 Å². The van der Waals surface area contributed by atoms with E-state index in [1.165, 1.54) is 5.56 Å². The Bertz CT molecular complexity index is 502. The van der Waals surface area contributed by atoms with Crippen molar-refractivity contribution in [1.29, 1.82) is 0 Å². The first-order valence-electron chi connectivity index (χ1n) is 7.45. The first-order chi connectivity index (χ1) is 9.97. The molecule has 0 radical (unpaired) electrons. The zero-order chi connectivity index (χ0) is 15.4. The summed E-state index contributed by atoms with van der Waals surface area (Å²) in [6, 6.07) is 6.13. The normalized spacial score (nSPS) is 18.5. The second-order valence-electron chi connectivity index (χ2n) is 5.91. The summed E-state index contributed by atoms with van der Waals surface area (Å²) in [5, 5.41) is 12.6. The molecular weight excluding hydrogens is 266 g/mol. The summed E-state index contributed by atoms with van der Waals surface area (Å²) in [4.78, 5) is 15.9. The van der Waals surface area contributed by atoms with Crippen molar-refractivity contribution < 1.29 is 9.90 Å². The van der Waals surface area contributed by atoms with Crippen molar-refractivity contribution >= 4 is 11.7 Å². The standard InChI is InChI=1S/C16H25N3O2/c1-12-9-14(18(2)3)7-6-13(12)10-17-16(21)19-8-4-5-15(20)11-19/h6-7,9,15,20H,4-5,8,10-11H2,1-3H3,(H,17,21). The van der Waals surface area contributed by atoms with Gasteiger partial charge in [0.25, 0.3) is 0 Å². The first kappa shape index (κ1) is 15.6. The maximum Gasteiger partial charge on any atom is 0.317 e. The molecule has 0 spiro atoms. The third kappa shape index (κ3) is 4.11. The molecule has 1 unspecified atom stereocenters. The summed E-state index contributed by atoms with van der Waals surface area (Å²) in [5.74, 6) is 0. The van der Waals surface area contributed by atoms with E-state index < -0.39 is 0 Å². The Balaban J connectivity index is 1.92. The average molecular weight is 291 g/mol. The van der Waals surface area contributed by atoms with E-state index in [9.17, 15) is 9.90 Å². The van der Waals surface area contributed by atoms with Gasteiger partial charge in [-0.1, -0.05) is 6.07 Å². The summed E-state index contributed by atoms with van der Waals surface area (Å²) in [6.07, 6.45) is 1.27. The maximum absolute atomic E-state index is 12.1. The summed E-state index contributed by atoms with van der Waals surface area (Å²) in [5.41, 5.74) is 3.44. The maximum atomic E-state index is 12.1. The minimum atomic E-state index is -0.384. The van der Waals surface area contributed by atoms with Crippen LogP contribution in [0.25, 0.3) is 0 Å². The quantitative estimate of drug-likeness (QED) is 0.891. The zero-order valence-electron chi connectivity index (χ0n) is 13.1. The van der Waals surface area contributed by atoms with Crippen LogP contribution in [0.15, 0.2) is 18.2 Å². The number of urea groups is 1. The molecule has 1 fully saturated rings. The van der Waals surface area contributed by atoms with E-state index in [-0.39, 0.29) is 12.1 Å². The predicted molar refractivity (Wildman–Crippen MR) is 84.6 cm³/mol. The molecule has 5 nitrogen and oxygen atoms in total. The van der Waals surface area contributed by atoms with Crippen LogP contribution in [0.3, 0.4) is 0 Å². The van der Waals surface area contributed by atoms with Crippen LogP contribution in [0.5, 0.6) is 0 Å². The van der Waals surface area contributed by atoms with Gasteiger partial charge in [-0.25, -0.2) is 4.79 Å². The Hall–Kier alpha value is -1.75. The number of nitrogens with zero attached hydrogens (tertiary/aromatic N) is 2. The first-order valence-corrected chi connectivity index (χ1v) is 7.45. The molecular formula is C16H25N3O2. The van der Waals surface area contributed by atoms with Crippen molar-refractivity contribution in [3.05, 3.63) is 29.3 Å². The Labute approximate surface area is 126 Å². The van der Waals surface area contributed by atoms with Gasteiger partial charge in [-0.2, -0.15) is 0 Å². The number of benzene rings is 1. The molecule has 1 aromatic carbocycles. The van der Waals surface area contributed by atoms with Gasteiger partial charge < -0.3 is 20.2 Å². The highest BCUT2D eigenvalue weighted by atomic mass is 16.3. The molecule has 0 bridgehead atoms. The van der Waals surface area contributed by atoms with Crippen LogP contribution in [-0.2, 0) is 6.54 Å². The number of likely N-dealkylation sites (tertiary alicyclic amines) is 1. The van der Waals surface area contributed by atoms with E-state index in [0.717, 1.165) is 30.6 Å². The molecule has 1 atom stereocenters. The SMILES string of the molecule is Cc1cc(N(C)C)ccc1CNC(=O)N1CCCC(O)C1. The summed E-state index contributed by atoms with van der Waals surface area (Å²) < 4.78 is 0. The van der Waals surface area contributed by atoms with Crippen molar-refractivity contribution in [2.45, 2.75) is 32.4 Å². The number of piperidine rings is 1. The topological polar surface area (TPSA) is 55.8 Å². The molecule has 1 saturated heterocycles. The smallest absolute Gasteiger partial charge is 0.317 e. The van der Waals surface area contributed by atoms with E-state index in [1.54, 1.807) is 4.90 Å². The lowest BCUT2D eigenvalue weighted by molar-refractivity contribution is 0.0842. The molecule has 2 N–H and O–H groups in total. The number of β-amino-alcohol motifs (C(OH)–C–C–N with tert-alkyl or cyclic N) is 1. The molecule has 2 rings (SSSR count). The van der Waals surface area contributed by atoms with Crippen LogP contribution >= 0.6 is 0 Å². The van der Waals surface area contributed by atoms with Crippen molar-refractivity contribution in [3.8, 4) is 0 Å². The third-order valence-corrected chi connectivity index (χ3v) is 3.96. The lowest BCUT2D eigenvalue weighted by atomic mass is 10.1. The lowest BCUT2D eigenvalue weighted by Gasteiger charge is -2.30. The van der Waals surface area contributed by atoms with Gasteiger partial charge in [0, 0.05) is 39.4 Å². The predicted octanol–water partition coefficient (Wildman–Crippen LogP) is 1.73. The number of aliphatic hydroxyl groups is 1. The third-order valence-electron chi connectivity index (χ3n) is 3.96. The highest BCUT2D eigenvalue weighted by molar-refractivity contribution is 5.74. The largest absolute Gasteiger partial charge is 0.391 e. The number of carbonyl (C=O) groups excluding carboxylic acids is 1. The van der Waals surface area contributed by atoms with E-state index >= 15 is 0 Å². The monoisotopic (exact) mass is 291 g/mol. The minimum absolute atomic E-state index is 0.0927. The van der Waals surface area contributed by atoms with Crippen molar-refractivity contribution in [2.75, 3.05) is 32.1 Å². The Morgan fingerprint density at radius 2 is 2.24 bits per heavy atom. The highest BCUT2D eigenvalue weighted by Crippen LogP contribution is 2.17. The second-order valence-corrected chi connectivity index (χ2v) is 5.91. The number of hydrogen-bond acceptors (Lipinski definition) is 3. The van der Waals surface area contributed by atoms with E-state index in [0.29, 0.717) is 13.1 Å². The number of rotatable bonds is 3. The van der Waals surface area contributed by atoms with Crippen LogP contribution in [0.4, 0.5) is 10.5 Å². The molecule has 21 heavy (non-hydrogen) atoms. The van der Waals surface area contributed by atoms with Gasteiger partial charge in [-0.3, -0.25) is 0 Å². The van der Waals surface area contributed by atoms with E-state index in [2.05, 4.69) is 35.3 Å². The Morgan fingerprint density at radius 1 is 1.48 bits per heavy atom. The average Bonchev–Trinajstić information content (AvgIpc) is 2.45. The number of amides is 2. The Morgan fingerprint density at radius 3 is 2.86 bits per heavy atom. The van der Waals surface area contributed by atoms with Gasteiger partial charge in [0.1, 0.15) is 0 Å². The fraction of sp³-hybridized carbons (Fsp3) is 0.562.